The third-order valence-electron chi connectivity index (χ3n) is 4.01. The maximum atomic E-state index is 12.3. The van der Waals surface area contributed by atoms with Crippen molar-refractivity contribution in [3.63, 3.8) is 0 Å². The van der Waals surface area contributed by atoms with E-state index >= 15 is 0 Å². The summed E-state index contributed by atoms with van der Waals surface area (Å²) in [6, 6.07) is 14.5. The van der Waals surface area contributed by atoms with Crippen LogP contribution < -0.4 is 10.6 Å². The molecule has 4 nitrogen and oxygen atoms in total. The minimum atomic E-state index is -0.696. The molecule has 0 radical (unpaired) electrons. The molecule has 2 aromatic carbocycles. The molecule has 1 unspecified atom stereocenters. The van der Waals surface area contributed by atoms with Gasteiger partial charge in [0.15, 0.2) is 0 Å². The monoisotopic (exact) mass is 358 g/mol. The van der Waals surface area contributed by atoms with Crippen molar-refractivity contribution in [3.05, 3.63) is 64.7 Å². The summed E-state index contributed by atoms with van der Waals surface area (Å²) in [5.74, 6) is -1.20. The first kappa shape index (κ1) is 19.0. The number of nitrogens with one attached hydrogen (secondary N) is 2. The Morgan fingerprint density at radius 1 is 0.960 bits per heavy atom. The van der Waals surface area contributed by atoms with Gasteiger partial charge >= 0.3 is 11.8 Å². The molecule has 0 bridgehead atoms. The van der Waals surface area contributed by atoms with Crippen LogP contribution in [0.2, 0.25) is 5.02 Å². The number of hydrogen-bond acceptors (Lipinski definition) is 2. The first-order chi connectivity index (χ1) is 11.9. The van der Waals surface area contributed by atoms with E-state index in [9.17, 15) is 9.59 Å². The summed E-state index contributed by atoms with van der Waals surface area (Å²) in [5, 5.41) is 5.97. The molecule has 2 aromatic rings. The first-order valence-corrected chi connectivity index (χ1v) is 8.74. The van der Waals surface area contributed by atoms with Gasteiger partial charge in [-0.15, -0.1) is 0 Å². The average molecular weight is 359 g/mol. The Kier molecular flexibility index (Phi) is 6.59. The lowest BCUT2D eigenvalue weighted by Gasteiger charge is -2.23. The molecule has 5 heteroatoms. The third-order valence-corrected chi connectivity index (χ3v) is 4.26. The number of carbonyl (C=O) groups is 2. The van der Waals surface area contributed by atoms with Crippen LogP contribution in [0.15, 0.2) is 48.5 Å². The number of rotatable bonds is 5. The summed E-state index contributed by atoms with van der Waals surface area (Å²) in [4.78, 5) is 24.4. The molecule has 0 heterocycles. The number of hydrogen-bond donors (Lipinski definition) is 2. The fourth-order valence-electron chi connectivity index (χ4n) is 2.52. The molecule has 2 N–H and O–H groups in total. The Labute approximate surface area is 153 Å². The second-order valence-electron chi connectivity index (χ2n) is 6.25. The summed E-state index contributed by atoms with van der Waals surface area (Å²) < 4.78 is 0. The van der Waals surface area contributed by atoms with Crippen molar-refractivity contribution in [2.75, 3.05) is 5.32 Å². The Balaban J connectivity index is 2.05. The topological polar surface area (TPSA) is 58.2 Å². The van der Waals surface area contributed by atoms with Crippen LogP contribution in [-0.4, -0.2) is 11.8 Å². The van der Waals surface area contributed by atoms with Gasteiger partial charge < -0.3 is 10.6 Å². The fraction of sp³-hybridized carbons (Fsp3) is 0.300. The number of carbonyl (C=O) groups excluding carboxylic acids is 2. The van der Waals surface area contributed by atoms with E-state index in [1.807, 2.05) is 38.1 Å². The Morgan fingerprint density at radius 3 is 2.08 bits per heavy atom. The highest BCUT2D eigenvalue weighted by atomic mass is 35.5. The highest BCUT2D eigenvalue weighted by molar-refractivity contribution is 6.39. The van der Waals surface area contributed by atoms with Gasteiger partial charge in [0, 0.05) is 10.7 Å². The van der Waals surface area contributed by atoms with Crippen LogP contribution in [0.4, 0.5) is 5.69 Å². The van der Waals surface area contributed by atoms with Gasteiger partial charge in [-0.1, -0.05) is 56.6 Å². The van der Waals surface area contributed by atoms with Crippen LogP contribution in [0, 0.1) is 5.92 Å². The van der Waals surface area contributed by atoms with Crippen LogP contribution in [0.3, 0.4) is 0 Å². The van der Waals surface area contributed by atoms with Gasteiger partial charge in [0.05, 0.1) is 6.04 Å². The molecule has 0 saturated carbocycles. The van der Waals surface area contributed by atoms with E-state index in [2.05, 4.69) is 17.6 Å². The lowest BCUT2D eigenvalue weighted by atomic mass is 9.95. The number of amides is 2. The summed E-state index contributed by atoms with van der Waals surface area (Å²) in [6.45, 7) is 6.11. The molecular formula is C20H23ClN2O2. The molecule has 0 aliphatic rings. The van der Waals surface area contributed by atoms with E-state index in [1.165, 1.54) is 5.56 Å². The van der Waals surface area contributed by atoms with E-state index in [0.29, 0.717) is 10.7 Å². The maximum absolute atomic E-state index is 12.3. The number of anilines is 1. The fourth-order valence-corrected chi connectivity index (χ4v) is 2.65. The van der Waals surface area contributed by atoms with Crippen LogP contribution in [0.25, 0.3) is 0 Å². The Morgan fingerprint density at radius 2 is 1.56 bits per heavy atom. The zero-order valence-electron chi connectivity index (χ0n) is 14.7. The number of aryl methyl sites for hydroxylation is 1. The van der Waals surface area contributed by atoms with Crippen molar-refractivity contribution in [2.45, 2.75) is 33.2 Å². The minimum Gasteiger partial charge on any atom is -0.341 e. The molecule has 1 atom stereocenters. The Bertz CT molecular complexity index is 724. The average Bonchev–Trinajstić information content (AvgIpc) is 2.61. The lowest BCUT2D eigenvalue weighted by Crippen LogP contribution is -2.39. The van der Waals surface area contributed by atoms with E-state index in [-0.39, 0.29) is 12.0 Å². The normalized spacial score (nSPS) is 11.9. The first-order valence-electron chi connectivity index (χ1n) is 8.37. The highest BCUT2D eigenvalue weighted by Crippen LogP contribution is 2.22. The van der Waals surface area contributed by atoms with Gasteiger partial charge in [-0.3, -0.25) is 9.59 Å². The minimum absolute atomic E-state index is 0.153. The molecule has 0 fully saturated rings. The molecule has 0 aliphatic carbocycles. The van der Waals surface area contributed by atoms with E-state index < -0.39 is 11.8 Å². The smallest absolute Gasteiger partial charge is 0.313 e. The van der Waals surface area contributed by atoms with Crippen molar-refractivity contribution in [3.8, 4) is 0 Å². The summed E-state index contributed by atoms with van der Waals surface area (Å²) in [5.41, 5.74) is 2.75. The molecule has 0 aliphatic heterocycles. The van der Waals surface area contributed by atoms with Crippen LogP contribution in [0.1, 0.15) is 37.9 Å². The lowest BCUT2D eigenvalue weighted by molar-refractivity contribution is -0.136. The van der Waals surface area contributed by atoms with Crippen molar-refractivity contribution in [1.82, 2.24) is 5.32 Å². The quantitative estimate of drug-likeness (QED) is 0.780. The van der Waals surface area contributed by atoms with Crippen LogP contribution in [-0.2, 0) is 16.0 Å². The molecule has 0 saturated heterocycles. The molecule has 132 valence electrons. The molecular weight excluding hydrogens is 336 g/mol. The summed E-state index contributed by atoms with van der Waals surface area (Å²) in [6.07, 6.45) is 0.961. The van der Waals surface area contributed by atoms with E-state index in [0.717, 1.165) is 12.0 Å². The summed E-state index contributed by atoms with van der Waals surface area (Å²) in [7, 11) is 0. The second-order valence-corrected chi connectivity index (χ2v) is 6.69. The molecule has 0 aromatic heterocycles. The van der Waals surface area contributed by atoms with Gasteiger partial charge in [0.1, 0.15) is 0 Å². The van der Waals surface area contributed by atoms with Gasteiger partial charge in [0.2, 0.25) is 0 Å². The highest BCUT2D eigenvalue weighted by Gasteiger charge is 2.22. The molecule has 2 rings (SSSR count). The SMILES string of the molecule is CCc1ccc(C(NC(=O)C(=O)Nc2ccc(Cl)cc2)C(C)C)cc1. The van der Waals surface area contributed by atoms with Crippen LogP contribution >= 0.6 is 11.6 Å². The van der Waals surface area contributed by atoms with Crippen molar-refractivity contribution in [2.24, 2.45) is 5.92 Å². The number of halogens is 1. The van der Waals surface area contributed by atoms with Gasteiger partial charge in [-0.2, -0.15) is 0 Å². The van der Waals surface area contributed by atoms with Gasteiger partial charge in [-0.05, 0) is 47.7 Å². The van der Waals surface area contributed by atoms with E-state index in [1.54, 1.807) is 24.3 Å². The molecule has 0 spiro atoms. The largest absolute Gasteiger partial charge is 0.341 e. The standard InChI is InChI=1S/C20H23ClN2O2/c1-4-14-5-7-15(8-6-14)18(13(2)3)23-20(25)19(24)22-17-11-9-16(21)10-12-17/h5-13,18H,4H2,1-3H3,(H,22,24)(H,23,25). The maximum Gasteiger partial charge on any atom is 0.313 e. The van der Waals surface area contributed by atoms with Crippen LogP contribution in [0.5, 0.6) is 0 Å². The van der Waals surface area contributed by atoms with Crippen molar-refractivity contribution < 1.29 is 9.59 Å². The van der Waals surface area contributed by atoms with E-state index in [4.69, 9.17) is 11.6 Å². The summed E-state index contributed by atoms with van der Waals surface area (Å²) >= 11 is 5.81. The zero-order chi connectivity index (χ0) is 18.4. The third kappa shape index (κ3) is 5.33. The zero-order valence-corrected chi connectivity index (χ0v) is 15.4. The number of benzene rings is 2. The van der Waals surface area contributed by atoms with Crippen molar-refractivity contribution >= 4 is 29.1 Å². The molecule has 25 heavy (non-hydrogen) atoms. The predicted molar refractivity (Wildman–Crippen MR) is 102 cm³/mol. The van der Waals surface area contributed by atoms with Gasteiger partial charge in [-0.25, -0.2) is 0 Å². The van der Waals surface area contributed by atoms with Gasteiger partial charge in [0.25, 0.3) is 0 Å². The second kappa shape index (κ2) is 8.67. The predicted octanol–water partition coefficient (Wildman–Crippen LogP) is 4.35. The van der Waals surface area contributed by atoms with Crippen molar-refractivity contribution in [1.29, 1.82) is 0 Å². The Hall–Kier alpha value is -2.33. The molecule has 2 amide bonds.